The van der Waals surface area contributed by atoms with Gasteiger partial charge in [-0.2, -0.15) is 0 Å². The van der Waals surface area contributed by atoms with Crippen LogP contribution in [0.15, 0.2) is 0 Å². The number of hydrogen-bond donors (Lipinski definition) is 1. The van der Waals surface area contributed by atoms with Crippen molar-refractivity contribution < 1.29 is 19.4 Å². The first kappa shape index (κ1) is 12.2. The number of fused-ring (bicyclic) bond motifs is 2. The Morgan fingerprint density at radius 1 is 1.41 bits per heavy atom. The van der Waals surface area contributed by atoms with E-state index in [0.717, 1.165) is 6.42 Å². The lowest BCUT2D eigenvalue weighted by molar-refractivity contribution is -0.149. The maximum atomic E-state index is 12.0. The number of piperidine rings is 1. The van der Waals surface area contributed by atoms with Crippen LogP contribution in [-0.2, 0) is 9.53 Å². The Balaban J connectivity index is 2.17. The van der Waals surface area contributed by atoms with Crippen molar-refractivity contribution in [2.45, 2.75) is 51.2 Å². The molecule has 17 heavy (non-hydrogen) atoms. The number of hydrogen-bond acceptors (Lipinski definition) is 3. The molecule has 1 amide bonds. The van der Waals surface area contributed by atoms with E-state index in [1.807, 2.05) is 0 Å². The Bertz CT molecular complexity index is 360. The van der Waals surface area contributed by atoms with Gasteiger partial charge in [0.05, 0.1) is 0 Å². The van der Waals surface area contributed by atoms with Gasteiger partial charge < -0.3 is 9.84 Å². The second-order valence-electron chi connectivity index (χ2n) is 6.04. The molecular formula is C12H19NO4. The standard InChI is InChI=1S/C12H19NO4/c1-11(2,3)17-10(16)13-7-8-4-5-12(13,6-8)9(14)15/h8H,4-7H2,1-3H3,(H,14,15). The molecule has 2 atom stereocenters. The molecule has 1 heterocycles. The predicted octanol–water partition coefficient (Wildman–Crippen LogP) is 1.86. The van der Waals surface area contributed by atoms with Crippen molar-refractivity contribution in [3.8, 4) is 0 Å². The zero-order valence-corrected chi connectivity index (χ0v) is 10.5. The van der Waals surface area contributed by atoms with E-state index >= 15 is 0 Å². The van der Waals surface area contributed by atoms with Crippen LogP contribution in [0.5, 0.6) is 0 Å². The highest BCUT2D eigenvalue weighted by Crippen LogP contribution is 2.47. The van der Waals surface area contributed by atoms with Gasteiger partial charge in [0.15, 0.2) is 0 Å². The van der Waals surface area contributed by atoms with E-state index in [1.165, 1.54) is 4.90 Å². The van der Waals surface area contributed by atoms with Gasteiger partial charge in [-0.25, -0.2) is 9.59 Å². The van der Waals surface area contributed by atoms with Crippen LogP contribution in [0.1, 0.15) is 40.0 Å². The molecule has 96 valence electrons. The van der Waals surface area contributed by atoms with Gasteiger partial charge in [0.1, 0.15) is 11.1 Å². The molecule has 0 spiro atoms. The molecule has 1 saturated carbocycles. The van der Waals surface area contributed by atoms with Crippen LogP contribution in [0.25, 0.3) is 0 Å². The molecule has 2 fully saturated rings. The normalized spacial score (nSPS) is 31.7. The van der Waals surface area contributed by atoms with Crippen molar-refractivity contribution in [2.24, 2.45) is 5.92 Å². The van der Waals surface area contributed by atoms with Crippen molar-refractivity contribution in [3.63, 3.8) is 0 Å². The van der Waals surface area contributed by atoms with Crippen LogP contribution in [0.4, 0.5) is 4.79 Å². The SMILES string of the molecule is CC(C)(C)OC(=O)N1CC2CCC1(C(=O)O)C2. The molecule has 0 aromatic heterocycles. The van der Waals surface area contributed by atoms with E-state index in [-0.39, 0.29) is 0 Å². The van der Waals surface area contributed by atoms with E-state index in [2.05, 4.69) is 0 Å². The molecule has 2 aliphatic rings. The van der Waals surface area contributed by atoms with Crippen molar-refractivity contribution >= 4 is 12.1 Å². The number of aliphatic carboxylic acids is 1. The molecule has 2 bridgehead atoms. The van der Waals surface area contributed by atoms with E-state index in [0.29, 0.717) is 25.3 Å². The summed E-state index contributed by atoms with van der Waals surface area (Å²) in [5.74, 6) is -0.582. The molecule has 1 aliphatic heterocycles. The minimum absolute atomic E-state index is 0.318. The molecule has 1 saturated heterocycles. The molecule has 0 aromatic rings. The third kappa shape index (κ3) is 1.98. The van der Waals surface area contributed by atoms with Crippen molar-refractivity contribution in [3.05, 3.63) is 0 Å². The van der Waals surface area contributed by atoms with E-state index in [4.69, 9.17) is 4.74 Å². The summed E-state index contributed by atoms with van der Waals surface area (Å²) in [6.07, 6.45) is 1.52. The number of rotatable bonds is 1. The van der Waals surface area contributed by atoms with Gasteiger partial charge in [0, 0.05) is 6.54 Å². The Kier molecular flexibility index (Phi) is 2.60. The van der Waals surface area contributed by atoms with Gasteiger partial charge in [-0.1, -0.05) is 0 Å². The molecule has 1 N–H and O–H groups in total. The number of carbonyl (C=O) groups is 2. The van der Waals surface area contributed by atoms with Crippen LogP contribution in [-0.4, -0.2) is 39.8 Å². The summed E-state index contributed by atoms with van der Waals surface area (Å²) in [6.45, 7) is 5.87. The fraction of sp³-hybridized carbons (Fsp3) is 0.833. The lowest BCUT2D eigenvalue weighted by Crippen LogP contribution is -2.54. The van der Waals surface area contributed by atoms with Gasteiger partial charge >= 0.3 is 12.1 Å². The van der Waals surface area contributed by atoms with Crippen molar-refractivity contribution in [1.82, 2.24) is 4.90 Å². The average Bonchev–Trinajstić information content (AvgIpc) is 2.72. The molecule has 2 rings (SSSR count). The number of carboxylic acid groups (broad SMARTS) is 1. The smallest absolute Gasteiger partial charge is 0.411 e. The summed E-state index contributed by atoms with van der Waals surface area (Å²) in [4.78, 5) is 24.8. The second kappa shape index (κ2) is 3.62. The molecule has 0 radical (unpaired) electrons. The van der Waals surface area contributed by atoms with E-state index in [9.17, 15) is 14.7 Å². The Morgan fingerprint density at radius 2 is 2.06 bits per heavy atom. The van der Waals surface area contributed by atoms with Gasteiger partial charge in [-0.3, -0.25) is 4.90 Å². The second-order valence-corrected chi connectivity index (χ2v) is 6.04. The lowest BCUT2D eigenvalue weighted by atomic mass is 9.98. The molecule has 1 aliphatic carbocycles. The molecular weight excluding hydrogens is 222 g/mol. The first-order valence-electron chi connectivity index (χ1n) is 5.99. The average molecular weight is 241 g/mol. The highest BCUT2D eigenvalue weighted by atomic mass is 16.6. The van der Waals surface area contributed by atoms with E-state index in [1.54, 1.807) is 20.8 Å². The fourth-order valence-corrected chi connectivity index (χ4v) is 2.83. The monoisotopic (exact) mass is 241 g/mol. The highest BCUT2D eigenvalue weighted by Gasteiger charge is 2.58. The van der Waals surface area contributed by atoms with Crippen LogP contribution in [0.3, 0.4) is 0 Å². The van der Waals surface area contributed by atoms with Crippen LogP contribution in [0.2, 0.25) is 0 Å². The van der Waals surface area contributed by atoms with Gasteiger partial charge in [0.2, 0.25) is 0 Å². The molecule has 5 nitrogen and oxygen atoms in total. The maximum Gasteiger partial charge on any atom is 0.411 e. The minimum Gasteiger partial charge on any atom is -0.479 e. The summed E-state index contributed by atoms with van der Waals surface area (Å²) in [7, 11) is 0. The summed E-state index contributed by atoms with van der Waals surface area (Å²) >= 11 is 0. The largest absolute Gasteiger partial charge is 0.479 e. The quantitative estimate of drug-likeness (QED) is 0.761. The van der Waals surface area contributed by atoms with Gasteiger partial charge in [-0.05, 0) is 46.0 Å². The van der Waals surface area contributed by atoms with Crippen LogP contribution in [0, 0.1) is 5.92 Å². The van der Waals surface area contributed by atoms with Gasteiger partial charge in [0.25, 0.3) is 0 Å². The Labute approximate surface area is 101 Å². The van der Waals surface area contributed by atoms with Crippen LogP contribution >= 0.6 is 0 Å². The summed E-state index contributed by atoms with van der Waals surface area (Å²) in [6, 6.07) is 0. The maximum absolute atomic E-state index is 12.0. The summed E-state index contributed by atoms with van der Waals surface area (Å²) in [5.41, 5.74) is -1.59. The first-order chi connectivity index (χ1) is 7.74. The Morgan fingerprint density at radius 3 is 2.53 bits per heavy atom. The zero-order chi connectivity index (χ0) is 12.8. The summed E-state index contributed by atoms with van der Waals surface area (Å²) < 4.78 is 5.27. The van der Waals surface area contributed by atoms with Crippen LogP contribution < -0.4 is 0 Å². The highest BCUT2D eigenvalue weighted by molar-refractivity contribution is 5.86. The molecule has 5 heteroatoms. The lowest BCUT2D eigenvalue weighted by Gasteiger charge is -2.36. The first-order valence-corrected chi connectivity index (χ1v) is 5.99. The van der Waals surface area contributed by atoms with E-state index < -0.39 is 23.2 Å². The number of ether oxygens (including phenoxy) is 1. The number of likely N-dealkylation sites (tertiary alicyclic amines) is 1. The van der Waals surface area contributed by atoms with Gasteiger partial charge in [-0.15, -0.1) is 0 Å². The topological polar surface area (TPSA) is 66.8 Å². The number of carboxylic acids is 1. The number of carbonyl (C=O) groups excluding carboxylic acids is 1. The zero-order valence-electron chi connectivity index (χ0n) is 10.5. The van der Waals surface area contributed by atoms with Crippen molar-refractivity contribution in [2.75, 3.05) is 6.54 Å². The molecule has 2 unspecified atom stereocenters. The fourth-order valence-electron chi connectivity index (χ4n) is 2.83. The number of amides is 1. The predicted molar refractivity (Wildman–Crippen MR) is 60.6 cm³/mol. The minimum atomic E-state index is -1.01. The summed E-state index contributed by atoms with van der Waals surface area (Å²) in [5, 5.41) is 9.36. The number of nitrogens with zero attached hydrogens (tertiary/aromatic N) is 1. The third-order valence-electron chi connectivity index (χ3n) is 3.56. The Hall–Kier alpha value is -1.26. The van der Waals surface area contributed by atoms with Crippen molar-refractivity contribution in [1.29, 1.82) is 0 Å². The third-order valence-corrected chi connectivity index (χ3v) is 3.56. The molecule has 0 aromatic carbocycles.